The Morgan fingerprint density at radius 2 is 2.19 bits per heavy atom. The maximum Gasteiger partial charge on any atom is 0.469 e. The summed E-state index contributed by atoms with van der Waals surface area (Å²) in [6.45, 7) is -0.662. The highest BCUT2D eigenvalue weighted by Crippen LogP contribution is 2.39. The van der Waals surface area contributed by atoms with Gasteiger partial charge in [0, 0.05) is 4.91 Å². The molecule has 0 radical (unpaired) electrons. The van der Waals surface area contributed by atoms with E-state index in [1.807, 2.05) is 0 Å². The number of aliphatic hydroxyl groups is 1. The van der Waals surface area contributed by atoms with Crippen LogP contribution in [-0.2, 0) is 18.7 Å². The molecule has 2 aromatic rings. The van der Waals surface area contributed by atoms with Gasteiger partial charge in [0.05, 0.1) is 12.9 Å². The average molecular weight is 389 g/mol. The van der Waals surface area contributed by atoms with E-state index < -0.39 is 39.0 Å². The van der Waals surface area contributed by atoms with Crippen LogP contribution in [0.2, 0.25) is 0 Å². The van der Waals surface area contributed by atoms with E-state index in [2.05, 4.69) is 29.7 Å². The standard InChI is InChI=1S/C10H12N7O8P/c11-15-16-25-7-6(18)4(1-23-26(20,21)22)24-10(7)17-3-14-5-8(17)12-2-13-9(5)19/h2-4,6-7,10,18H,1H2,(H,12,13,19)(H2,20,21,22)/t4-,6?,7?,10-/m1/s1. The van der Waals surface area contributed by atoms with E-state index in [1.165, 1.54) is 10.9 Å². The molecule has 26 heavy (non-hydrogen) atoms. The summed E-state index contributed by atoms with van der Waals surface area (Å²) in [4.78, 5) is 36.3. The molecule has 140 valence electrons. The van der Waals surface area contributed by atoms with Gasteiger partial charge in [-0.05, 0) is 5.53 Å². The molecule has 0 spiro atoms. The van der Waals surface area contributed by atoms with Crippen LogP contribution >= 0.6 is 7.82 Å². The number of ether oxygens (including phenoxy) is 1. The van der Waals surface area contributed by atoms with Crippen molar-refractivity contribution in [1.29, 1.82) is 0 Å². The van der Waals surface area contributed by atoms with Crippen molar-refractivity contribution in [3.05, 3.63) is 23.1 Å². The molecule has 0 amide bonds. The van der Waals surface area contributed by atoms with Crippen molar-refractivity contribution < 1.29 is 38.7 Å². The number of aliphatic hydroxyl groups excluding tert-OH is 1. The largest absolute Gasteiger partial charge is 0.492 e. The number of fused-ring (bicyclic) bond motifs is 1. The van der Waals surface area contributed by atoms with E-state index >= 15 is 0 Å². The number of hydrogen-bond donors (Lipinski definition) is 4. The van der Waals surface area contributed by atoms with Crippen LogP contribution in [0.1, 0.15) is 6.23 Å². The molecule has 1 saturated heterocycles. The summed E-state index contributed by atoms with van der Waals surface area (Å²) >= 11 is 0. The highest BCUT2D eigenvalue weighted by Gasteiger charge is 2.47. The number of aromatic nitrogens is 4. The predicted molar refractivity (Wildman–Crippen MR) is 78.9 cm³/mol. The van der Waals surface area contributed by atoms with E-state index in [-0.39, 0.29) is 17.0 Å². The molecule has 16 heteroatoms. The maximum absolute atomic E-state index is 10.8. The monoisotopic (exact) mass is 389 g/mol. The SMILES string of the molecule is [N-]=[N+]=NOC1C(O)[C@@H](COP(=O)(O)O)O[C@H]1n1cnc2c(O)ncnc21. The number of nitrogens with zero attached hydrogens (tertiary/aromatic N) is 7. The second-order valence-corrected chi connectivity index (χ2v) is 6.34. The van der Waals surface area contributed by atoms with Gasteiger partial charge in [0.15, 0.2) is 23.5 Å². The fraction of sp³-hybridized carbons (Fsp3) is 0.500. The van der Waals surface area contributed by atoms with Crippen molar-refractivity contribution >= 4 is 19.0 Å². The second kappa shape index (κ2) is 7.01. The summed E-state index contributed by atoms with van der Waals surface area (Å²) < 4.78 is 22.0. The topological polar surface area (TPSA) is 218 Å². The Bertz CT molecular complexity index is 895. The fourth-order valence-corrected chi connectivity index (χ4v) is 2.81. The van der Waals surface area contributed by atoms with Gasteiger partial charge in [0.25, 0.3) is 0 Å². The lowest BCUT2D eigenvalue weighted by atomic mass is 10.1. The molecule has 2 aromatic heterocycles. The summed E-state index contributed by atoms with van der Waals surface area (Å²) in [5, 5.41) is 22.9. The lowest BCUT2D eigenvalue weighted by molar-refractivity contribution is -0.0709. The van der Waals surface area contributed by atoms with E-state index in [9.17, 15) is 14.8 Å². The molecule has 0 aliphatic carbocycles. The van der Waals surface area contributed by atoms with Gasteiger partial charge in [-0.2, -0.15) is 4.98 Å². The van der Waals surface area contributed by atoms with Gasteiger partial charge in [-0.25, -0.2) is 14.5 Å². The third-order valence-electron chi connectivity index (χ3n) is 3.54. The van der Waals surface area contributed by atoms with E-state index in [4.69, 9.17) is 24.9 Å². The second-order valence-electron chi connectivity index (χ2n) is 5.10. The molecule has 1 aliphatic rings. The fourth-order valence-electron chi connectivity index (χ4n) is 2.47. The Balaban J connectivity index is 1.93. The van der Waals surface area contributed by atoms with Crippen molar-refractivity contribution in [2.24, 2.45) is 5.28 Å². The van der Waals surface area contributed by atoms with Crippen LogP contribution in [0.3, 0.4) is 0 Å². The van der Waals surface area contributed by atoms with Crippen molar-refractivity contribution in [3.63, 3.8) is 0 Å². The summed E-state index contributed by atoms with van der Waals surface area (Å²) in [5.41, 5.74) is 8.59. The number of rotatable bonds is 6. The molecular weight excluding hydrogens is 377 g/mol. The van der Waals surface area contributed by atoms with Crippen LogP contribution in [0.15, 0.2) is 17.9 Å². The van der Waals surface area contributed by atoms with Gasteiger partial charge in [-0.15, -0.1) is 0 Å². The van der Waals surface area contributed by atoms with Gasteiger partial charge in [-0.1, -0.05) is 0 Å². The van der Waals surface area contributed by atoms with E-state index in [0.29, 0.717) is 0 Å². The molecule has 2 unspecified atom stereocenters. The third-order valence-corrected chi connectivity index (χ3v) is 4.02. The zero-order chi connectivity index (χ0) is 18.9. The van der Waals surface area contributed by atoms with Gasteiger partial charge >= 0.3 is 7.82 Å². The minimum atomic E-state index is -4.80. The number of azide groups is 1. The first-order valence-electron chi connectivity index (χ1n) is 6.92. The van der Waals surface area contributed by atoms with Crippen LogP contribution in [0, 0.1) is 0 Å². The normalized spacial score (nSPS) is 26.0. The summed E-state index contributed by atoms with van der Waals surface area (Å²) in [5.74, 6) is -0.388. The zero-order valence-corrected chi connectivity index (χ0v) is 13.6. The van der Waals surface area contributed by atoms with Crippen LogP contribution < -0.4 is 0 Å². The number of imidazole rings is 1. The first kappa shape index (κ1) is 18.3. The molecule has 4 atom stereocenters. The lowest BCUT2D eigenvalue weighted by Gasteiger charge is -2.19. The quantitative estimate of drug-likeness (QED) is 0.162. The van der Waals surface area contributed by atoms with Crippen LogP contribution in [0.5, 0.6) is 5.88 Å². The number of aromatic hydroxyl groups is 1. The smallest absolute Gasteiger partial charge is 0.469 e. The summed E-state index contributed by atoms with van der Waals surface area (Å²) in [6.07, 6.45) is -2.83. The molecular formula is C10H12N7O8P. The minimum absolute atomic E-state index is 0.0445. The van der Waals surface area contributed by atoms with Gasteiger partial charge < -0.3 is 29.6 Å². The Morgan fingerprint density at radius 3 is 2.88 bits per heavy atom. The van der Waals surface area contributed by atoms with Crippen LogP contribution in [0.25, 0.3) is 21.6 Å². The Kier molecular flexibility index (Phi) is 4.93. The molecule has 1 aliphatic heterocycles. The number of phosphoric acid groups is 1. The lowest BCUT2D eigenvalue weighted by Crippen LogP contribution is -2.34. The van der Waals surface area contributed by atoms with Crippen molar-refractivity contribution in [2.75, 3.05) is 6.61 Å². The molecule has 4 N–H and O–H groups in total. The molecule has 1 fully saturated rings. The zero-order valence-electron chi connectivity index (χ0n) is 12.7. The summed E-state index contributed by atoms with van der Waals surface area (Å²) in [7, 11) is -4.80. The average Bonchev–Trinajstić information content (AvgIpc) is 3.13. The molecule has 15 nitrogen and oxygen atoms in total. The Morgan fingerprint density at radius 1 is 1.42 bits per heavy atom. The van der Waals surface area contributed by atoms with Crippen LogP contribution in [0.4, 0.5) is 0 Å². The molecule has 0 bridgehead atoms. The number of phosphoric ester groups is 1. The summed E-state index contributed by atoms with van der Waals surface area (Å²) in [6, 6.07) is 0. The van der Waals surface area contributed by atoms with Gasteiger partial charge in [-0.3, -0.25) is 9.09 Å². The highest BCUT2D eigenvalue weighted by molar-refractivity contribution is 7.46. The predicted octanol–water partition coefficient (Wildman–Crippen LogP) is -0.490. The maximum atomic E-state index is 10.8. The molecule has 3 heterocycles. The Labute approximate surface area is 143 Å². The van der Waals surface area contributed by atoms with E-state index in [0.717, 1.165) is 6.33 Å². The van der Waals surface area contributed by atoms with Gasteiger partial charge in [0.1, 0.15) is 23.8 Å². The minimum Gasteiger partial charge on any atom is -0.492 e. The van der Waals surface area contributed by atoms with Gasteiger partial charge in [0.2, 0.25) is 5.88 Å². The third kappa shape index (κ3) is 3.54. The highest BCUT2D eigenvalue weighted by atomic mass is 31.2. The van der Waals surface area contributed by atoms with Crippen LogP contribution in [-0.4, -0.2) is 64.4 Å². The number of hydrogen-bond acceptors (Lipinski definition) is 10. The van der Waals surface area contributed by atoms with Crippen molar-refractivity contribution in [1.82, 2.24) is 19.5 Å². The first-order chi connectivity index (χ1) is 12.3. The van der Waals surface area contributed by atoms with Crippen molar-refractivity contribution in [2.45, 2.75) is 24.5 Å². The molecule has 3 rings (SSSR count). The Hall–Kier alpha value is -2.51. The molecule has 0 aromatic carbocycles. The van der Waals surface area contributed by atoms with Crippen molar-refractivity contribution in [3.8, 4) is 5.88 Å². The molecule has 0 saturated carbocycles. The first-order valence-corrected chi connectivity index (χ1v) is 8.45. The van der Waals surface area contributed by atoms with E-state index in [1.54, 1.807) is 0 Å².